The zero-order valence-corrected chi connectivity index (χ0v) is 10.2. The van der Waals surface area contributed by atoms with Gasteiger partial charge in [-0.1, -0.05) is 6.07 Å². The maximum absolute atomic E-state index is 13.9. The summed E-state index contributed by atoms with van der Waals surface area (Å²) >= 11 is 0. The van der Waals surface area contributed by atoms with Crippen molar-refractivity contribution in [3.05, 3.63) is 47.8 Å². The molecule has 2 aromatic rings. The highest BCUT2D eigenvalue weighted by molar-refractivity contribution is 5.44. The van der Waals surface area contributed by atoms with E-state index in [0.717, 1.165) is 11.5 Å². The summed E-state index contributed by atoms with van der Waals surface area (Å²) in [6.07, 6.45) is 3.56. The predicted octanol–water partition coefficient (Wildman–Crippen LogP) is 2.60. The number of halogens is 1. The number of benzene rings is 1. The van der Waals surface area contributed by atoms with Gasteiger partial charge >= 0.3 is 0 Å². The van der Waals surface area contributed by atoms with Gasteiger partial charge in [0.15, 0.2) is 0 Å². The SMILES string of the molecule is CNC(C)c1c(F)cccc1-n1ccnc1C. The molecule has 0 saturated heterocycles. The molecule has 0 radical (unpaired) electrons. The standard InChI is InChI=1S/C13H16FN3/c1-9(15-3)13-11(14)5-4-6-12(13)17-8-7-16-10(17)2/h4-9,15H,1-3H3. The van der Waals surface area contributed by atoms with Gasteiger partial charge < -0.3 is 9.88 Å². The summed E-state index contributed by atoms with van der Waals surface area (Å²) in [7, 11) is 1.82. The molecule has 0 bridgehead atoms. The molecule has 4 heteroatoms. The Morgan fingerprint density at radius 1 is 1.41 bits per heavy atom. The van der Waals surface area contributed by atoms with E-state index in [-0.39, 0.29) is 11.9 Å². The van der Waals surface area contributed by atoms with Crippen LogP contribution in [-0.4, -0.2) is 16.6 Å². The molecule has 1 N–H and O–H groups in total. The first-order valence-electron chi connectivity index (χ1n) is 5.61. The molecule has 90 valence electrons. The van der Waals surface area contributed by atoms with Crippen LogP contribution in [0.1, 0.15) is 24.4 Å². The Kier molecular flexibility index (Phi) is 3.24. The highest BCUT2D eigenvalue weighted by Crippen LogP contribution is 2.25. The third-order valence-corrected chi connectivity index (χ3v) is 2.98. The van der Waals surface area contributed by atoms with Gasteiger partial charge in [0.1, 0.15) is 11.6 Å². The third-order valence-electron chi connectivity index (χ3n) is 2.98. The van der Waals surface area contributed by atoms with Crippen molar-refractivity contribution in [3.8, 4) is 5.69 Å². The Morgan fingerprint density at radius 2 is 2.18 bits per heavy atom. The number of aryl methyl sites for hydroxylation is 1. The van der Waals surface area contributed by atoms with Crippen LogP contribution in [0.3, 0.4) is 0 Å². The van der Waals surface area contributed by atoms with Crippen LogP contribution in [0.2, 0.25) is 0 Å². The molecule has 1 aromatic heterocycles. The first kappa shape index (κ1) is 11.8. The second kappa shape index (κ2) is 4.67. The Bertz CT molecular complexity index is 519. The summed E-state index contributed by atoms with van der Waals surface area (Å²) < 4.78 is 15.8. The van der Waals surface area contributed by atoms with Gasteiger partial charge in [0.25, 0.3) is 0 Å². The highest BCUT2D eigenvalue weighted by Gasteiger charge is 2.16. The van der Waals surface area contributed by atoms with Gasteiger partial charge in [0.05, 0.1) is 5.69 Å². The fourth-order valence-corrected chi connectivity index (χ4v) is 1.94. The van der Waals surface area contributed by atoms with Gasteiger partial charge in [-0.05, 0) is 33.0 Å². The molecule has 0 aliphatic carbocycles. The Balaban J connectivity index is 2.62. The molecule has 3 nitrogen and oxygen atoms in total. The van der Waals surface area contributed by atoms with Crippen LogP contribution < -0.4 is 5.32 Å². The van der Waals surface area contributed by atoms with E-state index in [1.165, 1.54) is 6.07 Å². The van der Waals surface area contributed by atoms with Crippen molar-refractivity contribution in [2.24, 2.45) is 0 Å². The normalized spacial score (nSPS) is 12.7. The van der Waals surface area contributed by atoms with Crippen molar-refractivity contribution >= 4 is 0 Å². The van der Waals surface area contributed by atoms with Crippen LogP contribution in [0.25, 0.3) is 5.69 Å². The second-order valence-corrected chi connectivity index (χ2v) is 4.03. The summed E-state index contributed by atoms with van der Waals surface area (Å²) in [4.78, 5) is 4.17. The van der Waals surface area contributed by atoms with Crippen LogP contribution in [0, 0.1) is 12.7 Å². The average Bonchev–Trinajstić information content (AvgIpc) is 2.74. The van der Waals surface area contributed by atoms with Crippen LogP contribution in [-0.2, 0) is 0 Å². The fraction of sp³-hybridized carbons (Fsp3) is 0.308. The molecular formula is C13H16FN3. The van der Waals surface area contributed by atoms with Crippen molar-refractivity contribution in [1.82, 2.24) is 14.9 Å². The first-order chi connectivity index (χ1) is 8.15. The van der Waals surface area contributed by atoms with E-state index in [2.05, 4.69) is 10.3 Å². The fourth-order valence-electron chi connectivity index (χ4n) is 1.94. The Morgan fingerprint density at radius 3 is 2.76 bits per heavy atom. The molecule has 0 fully saturated rings. The maximum atomic E-state index is 13.9. The summed E-state index contributed by atoms with van der Waals surface area (Å²) in [5, 5.41) is 3.07. The Labute approximate surface area is 100 Å². The lowest BCUT2D eigenvalue weighted by Gasteiger charge is -2.18. The number of nitrogens with zero attached hydrogens (tertiary/aromatic N) is 2. The van der Waals surface area contributed by atoms with E-state index in [9.17, 15) is 4.39 Å². The van der Waals surface area contributed by atoms with Gasteiger partial charge in [0.2, 0.25) is 0 Å². The highest BCUT2D eigenvalue weighted by atomic mass is 19.1. The number of aromatic nitrogens is 2. The van der Waals surface area contributed by atoms with E-state index in [1.807, 2.05) is 37.7 Å². The minimum Gasteiger partial charge on any atom is -0.313 e. The maximum Gasteiger partial charge on any atom is 0.130 e. The van der Waals surface area contributed by atoms with Crippen LogP contribution >= 0.6 is 0 Å². The van der Waals surface area contributed by atoms with Gasteiger partial charge in [-0.15, -0.1) is 0 Å². The third kappa shape index (κ3) is 2.08. The minimum absolute atomic E-state index is 0.0481. The lowest BCUT2D eigenvalue weighted by Crippen LogP contribution is -2.17. The number of rotatable bonds is 3. The smallest absolute Gasteiger partial charge is 0.130 e. The van der Waals surface area contributed by atoms with E-state index >= 15 is 0 Å². The minimum atomic E-state index is -0.197. The average molecular weight is 233 g/mol. The van der Waals surface area contributed by atoms with E-state index in [1.54, 1.807) is 12.3 Å². The number of imidazole rings is 1. The molecule has 1 atom stereocenters. The van der Waals surface area contributed by atoms with E-state index in [4.69, 9.17) is 0 Å². The quantitative estimate of drug-likeness (QED) is 0.883. The molecule has 0 spiro atoms. The summed E-state index contributed by atoms with van der Waals surface area (Å²) in [6.45, 7) is 3.84. The Hall–Kier alpha value is -1.68. The molecule has 0 aliphatic rings. The summed E-state index contributed by atoms with van der Waals surface area (Å²) in [5.41, 5.74) is 1.50. The second-order valence-electron chi connectivity index (χ2n) is 4.03. The zero-order chi connectivity index (χ0) is 12.4. The molecular weight excluding hydrogens is 217 g/mol. The number of nitrogens with one attached hydrogen (secondary N) is 1. The lowest BCUT2D eigenvalue weighted by atomic mass is 10.1. The molecule has 0 aliphatic heterocycles. The number of hydrogen-bond donors (Lipinski definition) is 1. The van der Waals surface area contributed by atoms with E-state index in [0.29, 0.717) is 5.56 Å². The molecule has 0 amide bonds. The van der Waals surface area contributed by atoms with Gasteiger partial charge in [0, 0.05) is 24.0 Å². The van der Waals surface area contributed by atoms with Crippen molar-refractivity contribution in [2.75, 3.05) is 7.05 Å². The van der Waals surface area contributed by atoms with Gasteiger partial charge in [-0.2, -0.15) is 0 Å². The van der Waals surface area contributed by atoms with Crippen molar-refractivity contribution < 1.29 is 4.39 Å². The lowest BCUT2D eigenvalue weighted by molar-refractivity contribution is 0.558. The van der Waals surface area contributed by atoms with Crippen molar-refractivity contribution in [3.63, 3.8) is 0 Å². The van der Waals surface area contributed by atoms with Crippen LogP contribution in [0.5, 0.6) is 0 Å². The van der Waals surface area contributed by atoms with Crippen LogP contribution in [0.4, 0.5) is 4.39 Å². The predicted molar refractivity (Wildman–Crippen MR) is 65.7 cm³/mol. The molecule has 1 heterocycles. The summed E-state index contributed by atoms with van der Waals surface area (Å²) in [6, 6.07) is 5.06. The first-order valence-corrected chi connectivity index (χ1v) is 5.61. The molecule has 1 aromatic carbocycles. The monoisotopic (exact) mass is 233 g/mol. The summed E-state index contributed by atoms with van der Waals surface area (Å²) in [5.74, 6) is 0.651. The van der Waals surface area contributed by atoms with Crippen LogP contribution in [0.15, 0.2) is 30.6 Å². The molecule has 0 saturated carbocycles. The largest absolute Gasteiger partial charge is 0.313 e. The van der Waals surface area contributed by atoms with Crippen molar-refractivity contribution in [1.29, 1.82) is 0 Å². The van der Waals surface area contributed by atoms with Gasteiger partial charge in [-0.3, -0.25) is 0 Å². The zero-order valence-electron chi connectivity index (χ0n) is 10.2. The van der Waals surface area contributed by atoms with E-state index < -0.39 is 0 Å². The van der Waals surface area contributed by atoms with Gasteiger partial charge in [-0.25, -0.2) is 9.37 Å². The topological polar surface area (TPSA) is 29.9 Å². The molecule has 17 heavy (non-hydrogen) atoms. The molecule has 1 unspecified atom stereocenters. The molecule has 2 rings (SSSR count). The van der Waals surface area contributed by atoms with Crippen molar-refractivity contribution in [2.45, 2.75) is 19.9 Å². The number of hydrogen-bond acceptors (Lipinski definition) is 2.